The highest BCUT2D eigenvalue weighted by Crippen LogP contribution is 2.11. The molecule has 1 rings (SSSR count). The molecule has 0 fully saturated rings. The number of hydrogen-bond donors (Lipinski definition) is 4. The number of rotatable bonds is 8. The maximum atomic E-state index is 11.7. The van der Waals surface area contributed by atoms with Gasteiger partial charge in [0, 0.05) is 12.6 Å². The second-order valence-electron chi connectivity index (χ2n) is 5.40. The molecule has 0 spiro atoms. The molecule has 0 aliphatic carbocycles. The van der Waals surface area contributed by atoms with Crippen LogP contribution in [0.4, 0.5) is 4.79 Å². The van der Waals surface area contributed by atoms with Crippen molar-refractivity contribution in [1.29, 1.82) is 0 Å². The van der Waals surface area contributed by atoms with Crippen molar-refractivity contribution in [3.63, 3.8) is 0 Å². The van der Waals surface area contributed by atoms with Gasteiger partial charge in [0.15, 0.2) is 0 Å². The fourth-order valence-corrected chi connectivity index (χ4v) is 2.04. The summed E-state index contributed by atoms with van der Waals surface area (Å²) in [5.74, 6) is 0.259. The standard InChI is InChI=1S/C16H26N2O3/c1-3-4-15(20)11-17-16(21)18-12(2)5-6-13-7-9-14(19)10-8-13/h7-10,12,15,19-20H,3-6,11H2,1-2H3,(H2,17,18,21). The molecule has 0 heterocycles. The van der Waals surface area contributed by atoms with Gasteiger partial charge in [-0.15, -0.1) is 0 Å². The highest BCUT2D eigenvalue weighted by atomic mass is 16.3. The highest BCUT2D eigenvalue weighted by molar-refractivity contribution is 5.74. The quantitative estimate of drug-likeness (QED) is 0.593. The number of aryl methyl sites for hydroxylation is 1. The number of aromatic hydroxyl groups is 1. The Balaban J connectivity index is 2.21. The molecule has 0 aliphatic heterocycles. The Morgan fingerprint density at radius 3 is 2.52 bits per heavy atom. The molecule has 2 atom stereocenters. The minimum Gasteiger partial charge on any atom is -0.508 e. The number of aliphatic hydroxyl groups excluding tert-OH is 1. The highest BCUT2D eigenvalue weighted by Gasteiger charge is 2.09. The monoisotopic (exact) mass is 294 g/mol. The lowest BCUT2D eigenvalue weighted by Crippen LogP contribution is -2.43. The number of phenolic OH excluding ortho intramolecular Hbond substituents is 1. The van der Waals surface area contributed by atoms with E-state index in [1.165, 1.54) is 0 Å². The molecule has 1 aromatic carbocycles. The van der Waals surface area contributed by atoms with E-state index in [0.29, 0.717) is 6.42 Å². The van der Waals surface area contributed by atoms with Gasteiger partial charge >= 0.3 is 6.03 Å². The van der Waals surface area contributed by atoms with E-state index in [0.717, 1.165) is 24.8 Å². The van der Waals surface area contributed by atoms with E-state index >= 15 is 0 Å². The molecule has 4 N–H and O–H groups in total. The van der Waals surface area contributed by atoms with Crippen LogP contribution in [-0.4, -0.2) is 34.9 Å². The molecule has 1 aromatic rings. The molecule has 2 amide bonds. The van der Waals surface area contributed by atoms with E-state index in [-0.39, 0.29) is 24.4 Å². The predicted molar refractivity (Wildman–Crippen MR) is 83.3 cm³/mol. The lowest BCUT2D eigenvalue weighted by atomic mass is 10.1. The summed E-state index contributed by atoms with van der Waals surface area (Å²) in [7, 11) is 0. The van der Waals surface area contributed by atoms with Gasteiger partial charge in [-0.3, -0.25) is 0 Å². The molecule has 0 radical (unpaired) electrons. The van der Waals surface area contributed by atoms with E-state index in [1.807, 2.05) is 26.0 Å². The van der Waals surface area contributed by atoms with Crippen LogP contribution in [0.25, 0.3) is 0 Å². The second-order valence-corrected chi connectivity index (χ2v) is 5.40. The van der Waals surface area contributed by atoms with E-state index in [2.05, 4.69) is 10.6 Å². The summed E-state index contributed by atoms with van der Waals surface area (Å²) in [6.07, 6.45) is 2.76. The van der Waals surface area contributed by atoms with Gasteiger partial charge in [-0.25, -0.2) is 4.79 Å². The van der Waals surface area contributed by atoms with Crippen LogP contribution in [0.1, 0.15) is 38.7 Å². The summed E-state index contributed by atoms with van der Waals surface area (Å²) >= 11 is 0. The number of aliphatic hydroxyl groups is 1. The lowest BCUT2D eigenvalue weighted by Gasteiger charge is -2.16. The Bertz CT molecular complexity index is 420. The third kappa shape index (κ3) is 7.56. The number of amides is 2. The van der Waals surface area contributed by atoms with E-state index in [4.69, 9.17) is 0 Å². The first-order valence-corrected chi connectivity index (χ1v) is 7.51. The van der Waals surface area contributed by atoms with E-state index in [9.17, 15) is 15.0 Å². The molecule has 0 aromatic heterocycles. The molecule has 0 bridgehead atoms. The van der Waals surface area contributed by atoms with Crippen LogP contribution in [0.2, 0.25) is 0 Å². The molecule has 118 valence electrons. The average Bonchev–Trinajstić information content (AvgIpc) is 2.45. The summed E-state index contributed by atoms with van der Waals surface area (Å²) < 4.78 is 0. The Labute approximate surface area is 126 Å². The maximum Gasteiger partial charge on any atom is 0.315 e. The Morgan fingerprint density at radius 1 is 1.24 bits per heavy atom. The fraction of sp³-hybridized carbons (Fsp3) is 0.562. The van der Waals surface area contributed by atoms with Gasteiger partial charge in [0.2, 0.25) is 0 Å². The van der Waals surface area contributed by atoms with Gasteiger partial charge < -0.3 is 20.8 Å². The van der Waals surface area contributed by atoms with Gasteiger partial charge in [-0.05, 0) is 43.9 Å². The van der Waals surface area contributed by atoms with Crippen molar-refractivity contribution in [1.82, 2.24) is 10.6 Å². The molecular formula is C16H26N2O3. The first-order valence-electron chi connectivity index (χ1n) is 7.51. The minimum atomic E-state index is -0.479. The van der Waals surface area contributed by atoms with Crippen LogP contribution < -0.4 is 10.6 Å². The number of urea groups is 1. The van der Waals surface area contributed by atoms with Crippen molar-refractivity contribution in [2.24, 2.45) is 0 Å². The van der Waals surface area contributed by atoms with Crippen LogP contribution in [0.5, 0.6) is 5.75 Å². The zero-order chi connectivity index (χ0) is 15.7. The molecular weight excluding hydrogens is 268 g/mol. The van der Waals surface area contributed by atoms with Gasteiger partial charge in [-0.2, -0.15) is 0 Å². The van der Waals surface area contributed by atoms with Gasteiger partial charge in [0.25, 0.3) is 0 Å². The van der Waals surface area contributed by atoms with Crippen molar-refractivity contribution in [3.05, 3.63) is 29.8 Å². The number of phenols is 1. The normalized spacial score (nSPS) is 13.5. The SMILES string of the molecule is CCCC(O)CNC(=O)NC(C)CCc1ccc(O)cc1. The fourth-order valence-electron chi connectivity index (χ4n) is 2.04. The lowest BCUT2D eigenvalue weighted by molar-refractivity contribution is 0.160. The number of carbonyl (C=O) groups is 1. The Morgan fingerprint density at radius 2 is 1.90 bits per heavy atom. The smallest absolute Gasteiger partial charge is 0.315 e. The van der Waals surface area contributed by atoms with Crippen molar-refractivity contribution in [3.8, 4) is 5.75 Å². The van der Waals surface area contributed by atoms with Crippen molar-refractivity contribution >= 4 is 6.03 Å². The number of carbonyl (C=O) groups excluding carboxylic acids is 1. The van der Waals surface area contributed by atoms with Crippen LogP contribution >= 0.6 is 0 Å². The van der Waals surface area contributed by atoms with E-state index in [1.54, 1.807) is 12.1 Å². The molecule has 0 aliphatic rings. The van der Waals surface area contributed by atoms with Crippen LogP contribution in [-0.2, 0) is 6.42 Å². The third-order valence-electron chi connectivity index (χ3n) is 3.30. The Kier molecular flexibility index (Phi) is 7.61. The summed E-state index contributed by atoms with van der Waals surface area (Å²) in [5.41, 5.74) is 1.13. The molecule has 0 saturated carbocycles. The molecule has 0 saturated heterocycles. The van der Waals surface area contributed by atoms with Crippen molar-refractivity contribution in [2.75, 3.05) is 6.54 Å². The van der Waals surface area contributed by atoms with Crippen molar-refractivity contribution < 1.29 is 15.0 Å². The van der Waals surface area contributed by atoms with Crippen LogP contribution in [0.3, 0.4) is 0 Å². The van der Waals surface area contributed by atoms with Crippen molar-refractivity contribution in [2.45, 2.75) is 51.7 Å². The maximum absolute atomic E-state index is 11.7. The summed E-state index contributed by atoms with van der Waals surface area (Å²) in [6, 6.07) is 6.88. The number of benzene rings is 1. The third-order valence-corrected chi connectivity index (χ3v) is 3.30. The second kappa shape index (κ2) is 9.23. The van der Waals surface area contributed by atoms with Gasteiger partial charge in [0.1, 0.15) is 5.75 Å². The predicted octanol–water partition coefficient (Wildman–Crippen LogP) is 2.17. The largest absolute Gasteiger partial charge is 0.508 e. The first kappa shape index (κ1) is 17.3. The summed E-state index contributed by atoms with van der Waals surface area (Å²) in [4.78, 5) is 11.7. The number of hydrogen-bond acceptors (Lipinski definition) is 3. The van der Waals surface area contributed by atoms with Crippen LogP contribution in [0, 0.1) is 0 Å². The van der Waals surface area contributed by atoms with Gasteiger partial charge in [0.05, 0.1) is 6.10 Å². The summed E-state index contributed by atoms with van der Waals surface area (Å²) in [6.45, 7) is 4.22. The molecule has 2 unspecified atom stereocenters. The van der Waals surface area contributed by atoms with E-state index < -0.39 is 6.10 Å². The first-order chi connectivity index (χ1) is 10.0. The minimum absolute atomic E-state index is 0.0436. The summed E-state index contributed by atoms with van der Waals surface area (Å²) in [5, 5.41) is 24.3. The van der Waals surface area contributed by atoms with Gasteiger partial charge in [-0.1, -0.05) is 25.5 Å². The molecule has 21 heavy (non-hydrogen) atoms. The average molecular weight is 294 g/mol. The molecule has 5 nitrogen and oxygen atoms in total. The number of nitrogens with one attached hydrogen (secondary N) is 2. The zero-order valence-corrected chi connectivity index (χ0v) is 12.8. The Hall–Kier alpha value is -1.75. The topological polar surface area (TPSA) is 81.6 Å². The zero-order valence-electron chi connectivity index (χ0n) is 12.8. The van der Waals surface area contributed by atoms with Crippen LogP contribution in [0.15, 0.2) is 24.3 Å². The molecule has 5 heteroatoms.